The summed E-state index contributed by atoms with van der Waals surface area (Å²) in [5.41, 5.74) is 6.62. The van der Waals surface area contributed by atoms with Crippen LogP contribution in [0, 0.1) is 6.33 Å². The number of aliphatic hydroxyl groups excluding tert-OH is 2. The van der Waals surface area contributed by atoms with Crippen molar-refractivity contribution in [2.45, 2.75) is 24.9 Å². The van der Waals surface area contributed by atoms with Crippen LogP contribution in [-0.4, -0.2) is 48.5 Å². The number of nitrogens with zero attached hydrogens (tertiary/aromatic N) is 4. The van der Waals surface area contributed by atoms with Crippen molar-refractivity contribution >= 4 is 17.0 Å². The van der Waals surface area contributed by atoms with Crippen molar-refractivity contribution in [3.05, 3.63) is 12.7 Å². The summed E-state index contributed by atoms with van der Waals surface area (Å²) in [5, 5.41) is 18.7. The molecule has 8 heteroatoms. The van der Waals surface area contributed by atoms with Gasteiger partial charge in [0.05, 0.1) is 12.7 Å². The van der Waals surface area contributed by atoms with Gasteiger partial charge in [-0.2, -0.15) is 0 Å². The van der Waals surface area contributed by atoms with Crippen molar-refractivity contribution in [2.24, 2.45) is 0 Å². The highest BCUT2D eigenvalue weighted by atomic mass is 16.5. The number of nitrogen functional groups attached to an aromatic ring is 1. The molecule has 0 unspecified atom stereocenters. The Morgan fingerprint density at radius 2 is 2.39 bits per heavy atom. The largest absolute Gasteiger partial charge is 0.394 e. The monoisotopic (exact) mass is 250 g/mol. The van der Waals surface area contributed by atoms with Crippen LogP contribution in [0.15, 0.2) is 6.33 Å². The zero-order valence-corrected chi connectivity index (χ0v) is 9.39. The maximum Gasteiger partial charge on any atom is 0.181 e. The number of hydrogen-bond donors (Lipinski definition) is 3. The van der Waals surface area contributed by atoms with Gasteiger partial charge in [-0.15, -0.1) is 0 Å². The van der Waals surface area contributed by atoms with Gasteiger partial charge >= 0.3 is 0 Å². The van der Waals surface area contributed by atoms with E-state index in [-0.39, 0.29) is 12.4 Å². The molecule has 0 aromatic carbocycles. The Morgan fingerprint density at radius 1 is 1.56 bits per heavy atom. The molecule has 0 aliphatic carbocycles. The van der Waals surface area contributed by atoms with Crippen LogP contribution in [0.3, 0.4) is 0 Å². The molecule has 1 aliphatic heterocycles. The number of aliphatic hydroxyl groups is 2. The fourth-order valence-electron chi connectivity index (χ4n) is 2.06. The lowest BCUT2D eigenvalue weighted by atomic mass is 10.2. The third-order valence-electron chi connectivity index (χ3n) is 3.00. The first-order valence-corrected chi connectivity index (χ1v) is 5.51. The molecule has 2 aromatic heterocycles. The Kier molecular flexibility index (Phi) is 2.62. The number of nitrogens with two attached hydrogens (primary N) is 1. The first kappa shape index (κ1) is 11.3. The number of anilines is 1. The van der Waals surface area contributed by atoms with Gasteiger partial charge in [-0.05, 0) is 0 Å². The molecule has 3 rings (SSSR count). The Balaban J connectivity index is 1.99. The van der Waals surface area contributed by atoms with Gasteiger partial charge in [0.1, 0.15) is 18.7 Å². The summed E-state index contributed by atoms with van der Waals surface area (Å²) in [6.45, 7) is -0.235. The molecule has 4 N–H and O–H groups in total. The van der Waals surface area contributed by atoms with Gasteiger partial charge < -0.3 is 20.7 Å². The fourth-order valence-corrected chi connectivity index (χ4v) is 2.06. The third-order valence-corrected chi connectivity index (χ3v) is 3.00. The van der Waals surface area contributed by atoms with Crippen molar-refractivity contribution < 1.29 is 14.9 Å². The molecule has 0 spiro atoms. The molecule has 2 aromatic rings. The summed E-state index contributed by atoms with van der Waals surface area (Å²) < 4.78 is 7.07. The van der Waals surface area contributed by atoms with Gasteiger partial charge in [-0.25, -0.2) is 15.0 Å². The molecule has 0 amide bonds. The first-order valence-electron chi connectivity index (χ1n) is 5.51. The Morgan fingerprint density at radius 3 is 3.11 bits per heavy atom. The summed E-state index contributed by atoms with van der Waals surface area (Å²) in [4.78, 5) is 11.9. The van der Waals surface area contributed by atoms with Crippen LogP contribution in [0.2, 0.25) is 0 Å². The van der Waals surface area contributed by atoms with Crippen molar-refractivity contribution in [1.82, 2.24) is 19.5 Å². The third kappa shape index (κ3) is 1.62. The van der Waals surface area contributed by atoms with E-state index in [0.29, 0.717) is 17.6 Å². The van der Waals surface area contributed by atoms with E-state index in [1.165, 1.54) is 6.33 Å². The van der Waals surface area contributed by atoms with E-state index < -0.39 is 18.4 Å². The van der Waals surface area contributed by atoms with E-state index in [4.69, 9.17) is 15.6 Å². The molecule has 1 aliphatic rings. The zero-order valence-electron chi connectivity index (χ0n) is 9.39. The minimum absolute atomic E-state index is 0.235. The number of hydrogen-bond acceptors (Lipinski definition) is 7. The van der Waals surface area contributed by atoms with Crippen LogP contribution < -0.4 is 5.73 Å². The van der Waals surface area contributed by atoms with Gasteiger partial charge in [-0.1, -0.05) is 0 Å². The van der Waals surface area contributed by atoms with Crippen molar-refractivity contribution in [2.75, 3.05) is 12.3 Å². The summed E-state index contributed by atoms with van der Waals surface area (Å²) in [7, 11) is 0. The molecule has 3 atom stereocenters. The highest BCUT2D eigenvalue weighted by Gasteiger charge is 2.35. The minimum atomic E-state index is -0.718. The first-order chi connectivity index (χ1) is 8.70. The van der Waals surface area contributed by atoms with E-state index in [2.05, 4.69) is 21.3 Å². The van der Waals surface area contributed by atoms with Crippen molar-refractivity contribution in [3.63, 3.8) is 0 Å². The topological polar surface area (TPSA) is 119 Å². The van der Waals surface area contributed by atoms with E-state index >= 15 is 0 Å². The molecule has 3 heterocycles. The SMILES string of the molecule is Nc1ncnc2c1n[c]n2[C@H]1C[C@H](O)[C@@H](CO)O1. The predicted molar refractivity (Wildman–Crippen MR) is 60.2 cm³/mol. The molecule has 1 fully saturated rings. The second-order valence-electron chi connectivity index (χ2n) is 4.13. The lowest BCUT2D eigenvalue weighted by Crippen LogP contribution is -2.24. The summed E-state index contributed by atoms with van der Waals surface area (Å²) in [6.07, 6.45) is 2.63. The molecule has 95 valence electrons. The molecular formula is C10H12N5O3. The molecule has 1 radical (unpaired) electrons. The highest BCUT2D eigenvalue weighted by Crippen LogP contribution is 2.30. The average molecular weight is 250 g/mol. The van der Waals surface area contributed by atoms with Crippen LogP contribution in [-0.2, 0) is 4.74 Å². The van der Waals surface area contributed by atoms with Gasteiger partial charge in [0, 0.05) is 6.42 Å². The highest BCUT2D eigenvalue weighted by molar-refractivity contribution is 5.81. The number of imidazole rings is 1. The fraction of sp³-hybridized carbons (Fsp3) is 0.500. The quantitative estimate of drug-likeness (QED) is 0.615. The van der Waals surface area contributed by atoms with Gasteiger partial charge in [-0.3, -0.25) is 4.57 Å². The van der Waals surface area contributed by atoms with E-state index in [1.807, 2.05) is 0 Å². The predicted octanol–water partition coefficient (Wildman–Crippen LogP) is -1.15. The lowest BCUT2D eigenvalue weighted by molar-refractivity contribution is -0.0434. The van der Waals surface area contributed by atoms with Crippen LogP contribution in [0.4, 0.5) is 5.82 Å². The van der Waals surface area contributed by atoms with Crippen LogP contribution in [0.25, 0.3) is 11.2 Å². The second-order valence-corrected chi connectivity index (χ2v) is 4.13. The van der Waals surface area contributed by atoms with E-state index in [9.17, 15) is 5.11 Å². The van der Waals surface area contributed by atoms with E-state index in [1.54, 1.807) is 4.57 Å². The molecule has 8 nitrogen and oxygen atoms in total. The van der Waals surface area contributed by atoms with Crippen LogP contribution in [0.1, 0.15) is 12.6 Å². The molecule has 1 saturated heterocycles. The molecular weight excluding hydrogens is 238 g/mol. The Hall–Kier alpha value is -1.77. The number of fused-ring (bicyclic) bond motifs is 1. The van der Waals surface area contributed by atoms with Gasteiger partial charge in [0.2, 0.25) is 0 Å². The normalized spacial score (nSPS) is 28.0. The molecule has 0 bridgehead atoms. The van der Waals surface area contributed by atoms with Crippen LogP contribution >= 0.6 is 0 Å². The van der Waals surface area contributed by atoms with E-state index in [0.717, 1.165) is 0 Å². The van der Waals surface area contributed by atoms with Crippen molar-refractivity contribution in [1.29, 1.82) is 0 Å². The zero-order chi connectivity index (χ0) is 12.7. The summed E-state index contributed by atoms with van der Waals surface area (Å²) in [6, 6.07) is 0. The number of rotatable bonds is 2. The summed E-state index contributed by atoms with van der Waals surface area (Å²) in [5.74, 6) is 0.271. The van der Waals surface area contributed by atoms with Crippen LogP contribution in [0.5, 0.6) is 0 Å². The van der Waals surface area contributed by atoms with Crippen molar-refractivity contribution in [3.8, 4) is 0 Å². The summed E-state index contributed by atoms with van der Waals surface area (Å²) >= 11 is 0. The number of aromatic nitrogens is 4. The smallest absolute Gasteiger partial charge is 0.181 e. The minimum Gasteiger partial charge on any atom is -0.394 e. The Labute approximate surface area is 102 Å². The standard InChI is InChI=1S/C10H12N5O3/c11-9-8-10(13-3-12-9)15(4-14-8)7-1-5(17)6(2-16)18-7/h3,5-7,16-17H,1-2H2,(H2,11,12,13)/t5-,6+,7+/m0/s1. The lowest BCUT2D eigenvalue weighted by Gasteiger charge is -2.12. The van der Waals surface area contributed by atoms with Gasteiger partial charge in [0.25, 0.3) is 0 Å². The maximum absolute atomic E-state index is 9.69. The Bertz CT molecular complexity index is 572. The molecule has 0 saturated carbocycles. The maximum atomic E-state index is 9.69. The molecule has 18 heavy (non-hydrogen) atoms. The average Bonchev–Trinajstić information content (AvgIpc) is 2.93. The number of ether oxygens (including phenoxy) is 1. The second kappa shape index (κ2) is 4.16. The van der Waals surface area contributed by atoms with Gasteiger partial charge in [0.15, 0.2) is 23.3 Å².